The minimum Gasteiger partial charge on any atom is -0.477 e. The Labute approximate surface area is 127 Å². The normalized spacial score (nSPS) is 32.5. The van der Waals surface area contributed by atoms with Crippen LogP contribution in [-0.4, -0.2) is 46.9 Å². The molecule has 6 nitrogen and oxygen atoms in total. The molecule has 1 saturated carbocycles. The van der Waals surface area contributed by atoms with Gasteiger partial charge in [0.25, 0.3) is 0 Å². The van der Waals surface area contributed by atoms with Crippen LogP contribution in [0.2, 0.25) is 0 Å². The third kappa shape index (κ3) is 2.11. The summed E-state index contributed by atoms with van der Waals surface area (Å²) in [6, 6.07) is 0. The summed E-state index contributed by atoms with van der Waals surface area (Å²) in [5.74, 6) is -0.0864. The zero-order valence-electron chi connectivity index (χ0n) is 12.1. The Hall–Kier alpha value is -1.02. The molecular formula is C14H20N3O3S+. The topological polar surface area (TPSA) is 66.0 Å². The summed E-state index contributed by atoms with van der Waals surface area (Å²) in [5.41, 5.74) is 0.596. The van der Waals surface area contributed by atoms with Crippen molar-refractivity contribution in [3.63, 3.8) is 0 Å². The molecule has 0 spiro atoms. The molecular weight excluding hydrogens is 290 g/mol. The van der Waals surface area contributed by atoms with E-state index in [1.54, 1.807) is 6.92 Å². The number of carboxylic acid groups (broad SMARTS) is 1. The molecule has 3 heterocycles. The van der Waals surface area contributed by atoms with Crippen molar-refractivity contribution in [2.24, 2.45) is 5.92 Å². The lowest BCUT2D eigenvalue weighted by atomic mass is 10.1. The summed E-state index contributed by atoms with van der Waals surface area (Å²) in [6.07, 6.45) is 5.46. The number of hydrogen-bond donors (Lipinski definition) is 1. The van der Waals surface area contributed by atoms with Gasteiger partial charge in [-0.2, -0.15) is 4.98 Å². The van der Waals surface area contributed by atoms with E-state index in [0.717, 1.165) is 30.7 Å². The highest BCUT2D eigenvalue weighted by atomic mass is 32.1. The van der Waals surface area contributed by atoms with Gasteiger partial charge in [-0.25, -0.2) is 9.69 Å². The van der Waals surface area contributed by atoms with Crippen LogP contribution in [0.15, 0.2) is 0 Å². The number of quaternary nitrogens is 1. The molecule has 7 heteroatoms. The van der Waals surface area contributed by atoms with Gasteiger partial charge in [0.2, 0.25) is 0 Å². The number of aromatic nitrogens is 1. The maximum atomic E-state index is 11.2. The van der Waals surface area contributed by atoms with Gasteiger partial charge >= 0.3 is 17.5 Å². The summed E-state index contributed by atoms with van der Waals surface area (Å²) in [6.45, 7) is 4.76. The van der Waals surface area contributed by atoms with E-state index in [0.29, 0.717) is 15.2 Å². The monoisotopic (exact) mass is 310 g/mol. The zero-order chi connectivity index (χ0) is 14.6. The SMILES string of the molecule is Cc1nc([N+]23CCN(CC4CCCC4)C2O3)sc1C(=O)O. The molecule has 0 radical (unpaired) electrons. The van der Waals surface area contributed by atoms with Crippen molar-refractivity contribution in [1.29, 1.82) is 0 Å². The van der Waals surface area contributed by atoms with E-state index >= 15 is 0 Å². The number of carboxylic acids is 1. The Kier molecular flexibility index (Phi) is 3.08. The smallest absolute Gasteiger partial charge is 0.348 e. The number of carbonyl (C=O) groups is 1. The van der Waals surface area contributed by atoms with Crippen LogP contribution in [0.3, 0.4) is 0 Å². The van der Waals surface area contributed by atoms with Crippen molar-refractivity contribution >= 4 is 22.4 Å². The molecule has 4 rings (SSSR count). The Bertz CT molecular complexity index is 584. The van der Waals surface area contributed by atoms with Crippen LogP contribution in [0.1, 0.15) is 41.0 Å². The van der Waals surface area contributed by atoms with Gasteiger partial charge in [0, 0.05) is 6.54 Å². The molecule has 2 unspecified atom stereocenters. The molecule has 2 atom stereocenters. The number of hydroxylamine groups is 2. The van der Waals surface area contributed by atoms with Gasteiger partial charge in [-0.1, -0.05) is 17.5 Å². The van der Waals surface area contributed by atoms with Gasteiger partial charge in [0.15, 0.2) is 0 Å². The number of rotatable bonds is 4. The first-order valence-electron chi connectivity index (χ1n) is 7.61. The predicted molar refractivity (Wildman–Crippen MR) is 78.9 cm³/mol. The van der Waals surface area contributed by atoms with E-state index in [1.807, 2.05) is 0 Å². The first kappa shape index (κ1) is 13.6. The lowest BCUT2D eigenvalue weighted by Crippen LogP contribution is -2.30. The fourth-order valence-corrected chi connectivity index (χ4v) is 4.73. The molecule has 1 aliphatic carbocycles. The molecule has 1 N–H and O–H groups in total. The maximum absolute atomic E-state index is 11.2. The second kappa shape index (κ2) is 4.74. The highest BCUT2D eigenvalue weighted by Gasteiger charge is 2.71. The molecule has 3 aliphatic rings. The summed E-state index contributed by atoms with van der Waals surface area (Å²) in [7, 11) is 0. The molecule has 21 heavy (non-hydrogen) atoms. The number of hydrogen-bond acceptors (Lipinski definition) is 5. The molecule has 0 amide bonds. The predicted octanol–water partition coefficient (Wildman–Crippen LogP) is 2.19. The summed E-state index contributed by atoms with van der Waals surface area (Å²) in [5, 5.41) is 9.97. The van der Waals surface area contributed by atoms with Crippen LogP contribution in [0, 0.1) is 12.8 Å². The van der Waals surface area contributed by atoms with E-state index in [1.165, 1.54) is 37.0 Å². The maximum Gasteiger partial charge on any atom is 0.348 e. The quantitative estimate of drug-likeness (QED) is 0.682. The van der Waals surface area contributed by atoms with Gasteiger partial charge in [-0.05, 0) is 37.0 Å². The van der Waals surface area contributed by atoms with Crippen LogP contribution in [0.25, 0.3) is 0 Å². The van der Waals surface area contributed by atoms with Crippen molar-refractivity contribution in [2.45, 2.75) is 39.0 Å². The fraction of sp³-hybridized carbons (Fsp3) is 0.714. The van der Waals surface area contributed by atoms with Crippen molar-refractivity contribution in [2.75, 3.05) is 19.6 Å². The summed E-state index contributed by atoms with van der Waals surface area (Å²) >= 11 is 1.26. The molecule has 1 aromatic heterocycles. The molecule has 0 bridgehead atoms. The van der Waals surface area contributed by atoms with Crippen LogP contribution < -0.4 is 4.65 Å². The fourth-order valence-electron chi connectivity index (χ4n) is 3.71. The van der Waals surface area contributed by atoms with E-state index in [-0.39, 0.29) is 6.35 Å². The van der Waals surface area contributed by atoms with Gasteiger partial charge in [0.1, 0.15) is 11.4 Å². The van der Waals surface area contributed by atoms with E-state index < -0.39 is 5.97 Å². The number of nitrogens with zero attached hydrogens (tertiary/aromatic N) is 3. The molecule has 0 aromatic carbocycles. The number of aryl methyl sites for hydroxylation is 1. The Balaban J connectivity index is 1.50. The molecule has 3 fully saturated rings. The number of aromatic carboxylic acids is 1. The van der Waals surface area contributed by atoms with E-state index in [4.69, 9.17) is 4.84 Å². The minimum absolute atomic E-state index is 0.0674. The average Bonchev–Trinajstić information content (AvgIpc) is 2.85. The number of thiazole rings is 1. The lowest BCUT2D eigenvalue weighted by molar-refractivity contribution is 0.0701. The average molecular weight is 310 g/mol. The molecule has 2 saturated heterocycles. The van der Waals surface area contributed by atoms with E-state index in [2.05, 4.69) is 9.88 Å². The second-order valence-corrected chi connectivity index (χ2v) is 7.29. The Morgan fingerprint density at radius 2 is 2.29 bits per heavy atom. The molecule has 2 aliphatic heterocycles. The van der Waals surface area contributed by atoms with Crippen LogP contribution in [0.5, 0.6) is 0 Å². The van der Waals surface area contributed by atoms with Gasteiger partial charge in [-0.15, -0.1) is 4.84 Å². The minimum atomic E-state index is -0.894. The van der Waals surface area contributed by atoms with Gasteiger partial charge in [0.05, 0.1) is 12.2 Å². The van der Waals surface area contributed by atoms with Crippen LogP contribution >= 0.6 is 11.3 Å². The van der Waals surface area contributed by atoms with Crippen molar-refractivity contribution in [1.82, 2.24) is 14.5 Å². The zero-order valence-corrected chi connectivity index (χ0v) is 12.9. The molecule has 1 aromatic rings. The van der Waals surface area contributed by atoms with Crippen molar-refractivity contribution < 1.29 is 14.7 Å². The van der Waals surface area contributed by atoms with E-state index in [9.17, 15) is 9.90 Å². The Morgan fingerprint density at radius 1 is 1.52 bits per heavy atom. The largest absolute Gasteiger partial charge is 0.477 e. The van der Waals surface area contributed by atoms with Crippen molar-refractivity contribution in [3.05, 3.63) is 10.6 Å². The standard InChI is InChI=1S/C14H19N3O3S/c1-9-11(12(18)19)21-13(15-9)17-7-6-16(14(17)20-17)8-10-4-2-3-5-10/h10,14H,2-8H2,1H3/p+1. The van der Waals surface area contributed by atoms with Gasteiger partial charge in [-0.3, -0.25) is 0 Å². The first-order valence-corrected chi connectivity index (χ1v) is 8.43. The summed E-state index contributed by atoms with van der Waals surface area (Å²) < 4.78 is 0.422. The lowest BCUT2D eigenvalue weighted by Gasteiger charge is -2.15. The highest BCUT2D eigenvalue weighted by Crippen LogP contribution is 2.48. The second-order valence-electron chi connectivity index (χ2n) is 6.31. The molecule has 114 valence electrons. The first-order chi connectivity index (χ1) is 10.1. The van der Waals surface area contributed by atoms with Crippen LogP contribution in [0.4, 0.5) is 5.13 Å². The van der Waals surface area contributed by atoms with Crippen LogP contribution in [-0.2, 0) is 4.84 Å². The highest BCUT2D eigenvalue weighted by molar-refractivity contribution is 7.17. The van der Waals surface area contributed by atoms with Crippen molar-refractivity contribution in [3.8, 4) is 0 Å². The third-order valence-electron chi connectivity index (χ3n) is 4.90. The third-order valence-corrected chi connectivity index (χ3v) is 6.15. The number of fused-ring (bicyclic) bond motifs is 1. The van der Waals surface area contributed by atoms with Gasteiger partial charge < -0.3 is 5.11 Å². The Morgan fingerprint density at radius 3 is 2.90 bits per heavy atom. The summed E-state index contributed by atoms with van der Waals surface area (Å²) in [4.78, 5) is 24.3.